The summed E-state index contributed by atoms with van der Waals surface area (Å²) in [6.45, 7) is 2.06. The summed E-state index contributed by atoms with van der Waals surface area (Å²) < 4.78 is 0. The molecule has 0 aromatic carbocycles. The first kappa shape index (κ1) is 11.7. The van der Waals surface area contributed by atoms with Crippen LogP contribution < -0.4 is 11.3 Å². The summed E-state index contributed by atoms with van der Waals surface area (Å²) in [6, 6.07) is 2.13. The van der Waals surface area contributed by atoms with Crippen LogP contribution in [0.3, 0.4) is 0 Å². The first-order valence-electron chi connectivity index (χ1n) is 5.09. The average molecular weight is 203 g/mol. The third-order valence-corrected chi connectivity index (χ3v) is 2.47. The van der Waals surface area contributed by atoms with Gasteiger partial charge in [-0.2, -0.15) is 0 Å². The Morgan fingerprint density at radius 2 is 2.47 bits per heavy atom. The van der Waals surface area contributed by atoms with E-state index in [9.17, 15) is 0 Å². The monoisotopic (exact) mass is 203 g/mol. The minimum atomic E-state index is 0.145. The molecule has 1 aromatic heterocycles. The molecule has 1 rings (SSSR count). The first-order valence-corrected chi connectivity index (χ1v) is 5.09. The Balaban J connectivity index is 2.66. The summed E-state index contributed by atoms with van der Waals surface area (Å²) in [7, 11) is 0. The molecule has 80 valence electrons. The van der Waals surface area contributed by atoms with Crippen LogP contribution in [0, 0.1) is 19.3 Å². The van der Waals surface area contributed by atoms with Crippen LogP contribution in [0.25, 0.3) is 0 Å². The Kier molecular flexibility index (Phi) is 4.82. The Hall–Kier alpha value is -1.37. The van der Waals surface area contributed by atoms with Gasteiger partial charge in [0.05, 0.1) is 0 Å². The second-order valence-electron chi connectivity index (χ2n) is 3.55. The van der Waals surface area contributed by atoms with Crippen LogP contribution in [-0.4, -0.2) is 4.98 Å². The van der Waals surface area contributed by atoms with E-state index in [-0.39, 0.29) is 6.04 Å². The number of pyridine rings is 1. The molecule has 0 amide bonds. The number of hydrogen-bond donors (Lipinski definition) is 2. The number of hydrogen-bond acceptors (Lipinski definition) is 3. The van der Waals surface area contributed by atoms with Crippen LogP contribution in [0.4, 0.5) is 0 Å². The smallest absolute Gasteiger partial charge is 0.0478 e. The van der Waals surface area contributed by atoms with Gasteiger partial charge in [0.2, 0.25) is 0 Å². The van der Waals surface area contributed by atoms with Crippen LogP contribution in [0.5, 0.6) is 0 Å². The lowest BCUT2D eigenvalue weighted by atomic mass is 9.99. The van der Waals surface area contributed by atoms with Gasteiger partial charge in [-0.15, -0.1) is 12.3 Å². The number of rotatable bonds is 5. The van der Waals surface area contributed by atoms with Crippen molar-refractivity contribution in [3.63, 3.8) is 0 Å². The third-order valence-electron chi connectivity index (χ3n) is 2.47. The van der Waals surface area contributed by atoms with Crippen molar-refractivity contribution in [1.82, 2.24) is 10.4 Å². The van der Waals surface area contributed by atoms with E-state index in [0.29, 0.717) is 0 Å². The van der Waals surface area contributed by atoms with Gasteiger partial charge in [0.1, 0.15) is 0 Å². The molecule has 0 fully saturated rings. The molecule has 1 aromatic rings. The van der Waals surface area contributed by atoms with Crippen molar-refractivity contribution in [2.45, 2.75) is 32.2 Å². The Bertz CT molecular complexity index is 341. The molecular weight excluding hydrogens is 186 g/mol. The van der Waals surface area contributed by atoms with Crippen molar-refractivity contribution in [3.05, 3.63) is 29.6 Å². The average Bonchev–Trinajstić information content (AvgIpc) is 2.26. The predicted octanol–water partition coefficient (Wildman–Crippen LogP) is 1.70. The molecule has 1 heterocycles. The molecule has 0 spiro atoms. The molecule has 15 heavy (non-hydrogen) atoms. The van der Waals surface area contributed by atoms with Crippen LogP contribution in [0.15, 0.2) is 18.5 Å². The number of hydrazine groups is 1. The molecule has 0 bridgehead atoms. The second kappa shape index (κ2) is 6.18. The van der Waals surface area contributed by atoms with Gasteiger partial charge in [0.25, 0.3) is 0 Å². The van der Waals surface area contributed by atoms with Gasteiger partial charge in [0, 0.05) is 24.9 Å². The molecule has 1 unspecified atom stereocenters. The third kappa shape index (κ3) is 3.35. The van der Waals surface area contributed by atoms with Crippen LogP contribution in [0.1, 0.15) is 36.4 Å². The molecule has 0 aliphatic heterocycles. The highest BCUT2D eigenvalue weighted by Crippen LogP contribution is 2.20. The Labute approximate surface area is 91.1 Å². The number of nitrogens with one attached hydrogen (secondary N) is 1. The van der Waals surface area contributed by atoms with E-state index < -0.39 is 0 Å². The van der Waals surface area contributed by atoms with E-state index >= 15 is 0 Å². The van der Waals surface area contributed by atoms with E-state index in [1.807, 2.05) is 12.3 Å². The zero-order chi connectivity index (χ0) is 11.1. The van der Waals surface area contributed by atoms with E-state index in [1.165, 1.54) is 5.56 Å². The number of unbranched alkanes of at least 4 members (excludes halogenated alkanes) is 1. The summed E-state index contributed by atoms with van der Waals surface area (Å²) in [5, 5.41) is 0. The standard InChI is InChI=1S/C12H17N3/c1-3-4-5-6-12(15-13)11-9-14-8-7-10(11)2/h1,7-9,12,15H,4-6,13H2,2H3. The number of aromatic nitrogens is 1. The molecule has 0 aliphatic rings. The van der Waals surface area contributed by atoms with Gasteiger partial charge in [-0.05, 0) is 37.0 Å². The largest absolute Gasteiger partial charge is 0.271 e. The predicted molar refractivity (Wildman–Crippen MR) is 61.7 cm³/mol. The van der Waals surface area contributed by atoms with Gasteiger partial charge in [0.15, 0.2) is 0 Å². The minimum absolute atomic E-state index is 0.145. The number of aryl methyl sites for hydroxylation is 1. The van der Waals surface area contributed by atoms with Gasteiger partial charge >= 0.3 is 0 Å². The number of nitrogens with two attached hydrogens (primary N) is 1. The van der Waals surface area contributed by atoms with E-state index in [4.69, 9.17) is 12.3 Å². The summed E-state index contributed by atoms with van der Waals surface area (Å²) >= 11 is 0. The fourth-order valence-corrected chi connectivity index (χ4v) is 1.58. The maximum Gasteiger partial charge on any atom is 0.0478 e. The minimum Gasteiger partial charge on any atom is -0.271 e. The zero-order valence-corrected chi connectivity index (χ0v) is 9.03. The zero-order valence-electron chi connectivity index (χ0n) is 9.03. The topological polar surface area (TPSA) is 50.9 Å². The summed E-state index contributed by atoms with van der Waals surface area (Å²) in [6.07, 6.45) is 11.6. The quantitative estimate of drug-likeness (QED) is 0.331. The van der Waals surface area contributed by atoms with Crippen LogP contribution >= 0.6 is 0 Å². The van der Waals surface area contributed by atoms with Gasteiger partial charge < -0.3 is 0 Å². The molecule has 3 nitrogen and oxygen atoms in total. The molecule has 3 N–H and O–H groups in total. The van der Waals surface area contributed by atoms with Crippen LogP contribution in [-0.2, 0) is 0 Å². The summed E-state index contributed by atoms with van der Waals surface area (Å²) in [4.78, 5) is 4.11. The van der Waals surface area contributed by atoms with Gasteiger partial charge in [-0.3, -0.25) is 16.3 Å². The lowest BCUT2D eigenvalue weighted by Gasteiger charge is -2.17. The first-order chi connectivity index (χ1) is 7.29. The van der Waals surface area contributed by atoms with E-state index in [0.717, 1.165) is 24.8 Å². The maximum absolute atomic E-state index is 5.53. The van der Waals surface area contributed by atoms with Gasteiger partial charge in [-0.1, -0.05) is 0 Å². The van der Waals surface area contributed by atoms with E-state index in [2.05, 4.69) is 23.3 Å². The summed E-state index contributed by atoms with van der Waals surface area (Å²) in [5.74, 6) is 8.16. The Morgan fingerprint density at radius 1 is 1.67 bits per heavy atom. The fourth-order valence-electron chi connectivity index (χ4n) is 1.58. The highest BCUT2D eigenvalue weighted by atomic mass is 15.2. The molecule has 0 saturated carbocycles. The lowest BCUT2D eigenvalue weighted by molar-refractivity contribution is 0.499. The van der Waals surface area contributed by atoms with E-state index in [1.54, 1.807) is 6.20 Å². The van der Waals surface area contributed by atoms with Crippen LogP contribution in [0.2, 0.25) is 0 Å². The highest BCUT2D eigenvalue weighted by Gasteiger charge is 2.11. The fraction of sp³-hybridized carbons (Fsp3) is 0.417. The SMILES string of the molecule is C#CCCCC(NN)c1cnccc1C. The van der Waals surface area contributed by atoms with Crippen molar-refractivity contribution in [3.8, 4) is 12.3 Å². The van der Waals surface area contributed by atoms with Gasteiger partial charge in [-0.25, -0.2) is 0 Å². The van der Waals surface area contributed by atoms with Crippen molar-refractivity contribution < 1.29 is 0 Å². The van der Waals surface area contributed by atoms with Crippen molar-refractivity contribution in [2.24, 2.45) is 5.84 Å². The van der Waals surface area contributed by atoms with Crippen molar-refractivity contribution in [2.75, 3.05) is 0 Å². The number of terminal acetylenes is 1. The molecule has 0 radical (unpaired) electrons. The maximum atomic E-state index is 5.53. The molecule has 1 atom stereocenters. The molecule has 0 aliphatic carbocycles. The lowest BCUT2D eigenvalue weighted by Crippen LogP contribution is -2.28. The molecule has 3 heteroatoms. The summed E-state index contributed by atoms with van der Waals surface area (Å²) in [5.41, 5.74) is 5.16. The molecule has 0 saturated heterocycles. The van der Waals surface area contributed by atoms with Crippen molar-refractivity contribution >= 4 is 0 Å². The van der Waals surface area contributed by atoms with Crippen molar-refractivity contribution in [1.29, 1.82) is 0 Å². The Morgan fingerprint density at radius 3 is 3.07 bits per heavy atom. The normalized spacial score (nSPS) is 12.1. The number of nitrogens with zero attached hydrogens (tertiary/aromatic N) is 1. The highest BCUT2D eigenvalue weighted by molar-refractivity contribution is 5.24. The second-order valence-corrected chi connectivity index (χ2v) is 3.55. The molecular formula is C12H17N3.